The van der Waals surface area contributed by atoms with Crippen molar-refractivity contribution in [2.75, 3.05) is 11.5 Å². The van der Waals surface area contributed by atoms with Gasteiger partial charge < -0.3 is 19.2 Å². The average molecular weight is 440 g/mol. The Morgan fingerprint density at radius 1 is 1.00 bits per heavy atom. The van der Waals surface area contributed by atoms with Crippen molar-refractivity contribution in [1.82, 2.24) is 4.98 Å². The van der Waals surface area contributed by atoms with Crippen LogP contribution in [0.25, 0.3) is 11.5 Å². The molecule has 0 saturated carbocycles. The molecule has 0 aliphatic carbocycles. The van der Waals surface area contributed by atoms with Gasteiger partial charge in [0.05, 0.1) is 18.8 Å². The number of aliphatic hydroxyl groups is 1. The lowest BCUT2D eigenvalue weighted by atomic mass is 9.88. The van der Waals surface area contributed by atoms with Crippen LogP contribution in [0.1, 0.15) is 29.5 Å². The molecule has 0 radical (unpaired) electrons. The first-order chi connectivity index (χ1) is 16.0. The molecule has 5 rings (SSSR count). The number of nitrogens with zero attached hydrogens (tertiary/aromatic N) is 2. The van der Waals surface area contributed by atoms with Gasteiger partial charge in [-0.25, -0.2) is 4.98 Å². The van der Waals surface area contributed by atoms with Crippen molar-refractivity contribution < 1.29 is 19.1 Å². The molecule has 0 unspecified atom stereocenters. The fraction of sp³-hybridized carbons (Fsp3) is 0.185. The van der Waals surface area contributed by atoms with Crippen molar-refractivity contribution in [2.24, 2.45) is 0 Å². The number of anilines is 1. The van der Waals surface area contributed by atoms with Crippen LogP contribution in [-0.2, 0) is 16.9 Å². The van der Waals surface area contributed by atoms with Crippen LogP contribution in [0.4, 0.5) is 5.69 Å². The standard InChI is InChI=1S/C27H24N2O4/c1-3-32-21-15-13-19(14-16-21)25-28-23(18(2)33-25)17-29-24-12-8-7-11-22(24)27(31,26(29)30)20-9-5-4-6-10-20/h4-16,31H,3,17H2,1-2H3/t27-/m0/s1. The molecule has 0 fully saturated rings. The Bertz CT molecular complexity index is 1300. The van der Waals surface area contributed by atoms with Gasteiger partial charge in [-0.05, 0) is 49.7 Å². The van der Waals surface area contributed by atoms with E-state index in [-0.39, 0.29) is 6.54 Å². The molecule has 1 aromatic heterocycles. The van der Waals surface area contributed by atoms with Crippen LogP contribution in [0.5, 0.6) is 5.75 Å². The van der Waals surface area contributed by atoms with E-state index in [9.17, 15) is 9.90 Å². The van der Waals surface area contributed by atoms with Crippen LogP contribution in [0, 0.1) is 6.92 Å². The lowest BCUT2D eigenvalue weighted by molar-refractivity contribution is -0.132. The second-order valence-electron chi connectivity index (χ2n) is 7.96. The van der Waals surface area contributed by atoms with E-state index >= 15 is 0 Å². The number of aromatic nitrogens is 1. The van der Waals surface area contributed by atoms with E-state index in [1.807, 2.05) is 74.5 Å². The number of oxazole rings is 1. The van der Waals surface area contributed by atoms with E-state index in [0.717, 1.165) is 11.3 Å². The van der Waals surface area contributed by atoms with Gasteiger partial charge in [0.1, 0.15) is 17.2 Å². The molecule has 1 N–H and O–H groups in total. The monoisotopic (exact) mass is 440 g/mol. The Morgan fingerprint density at radius 2 is 1.70 bits per heavy atom. The van der Waals surface area contributed by atoms with Crippen LogP contribution in [0.3, 0.4) is 0 Å². The van der Waals surface area contributed by atoms with Crippen molar-refractivity contribution in [3.05, 3.63) is 101 Å². The zero-order chi connectivity index (χ0) is 23.0. The summed E-state index contributed by atoms with van der Waals surface area (Å²) >= 11 is 0. The highest BCUT2D eigenvalue weighted by molar-refractivity contribution is 6.09. The third kappa shape index (κ3) is 3.49. The van der Waals surface area contributed by atoms with Gasteiger partial charge in [0.2, 0.25) is 5.89 Å². The molecule has 2 heterocycles. The number of carbonyl (C=O) groups is 1. The summed E-state index contributed by atoms with van der Waals surface area (Å²) < 4.78 is 11.4. The lowest BCUT2D eigenvalue weighted by Crippen LogP contribution is -2.41. The molecule has 1 amide bonds. The second kappa shape index (κ2) is 8.22. The number of carbonyl (C=O) groups excluding carboxylic acids is 1. The summed E-state index contributed by atoms with van der Waals surface area (Å²) in [5, 5.41) is 11.6. The fourth-order valence-electron chi connectivity index (χ4n) is 4.26. The third-order valence-electron chi connectivity index (χ3n) is 5.94. The van der Waals surface area contributed by atoms with Crippen LogP contribution in [0.15, 0.2) is 83.3 Å². The summed E-state index contributed by atoms with van der Waals surface area (Å²) in [7, 11) is 0. The number of hydrogen-bond acceptors (Lipinski definition) is 5. The number of para-hydroxylation sites is 1. The molecule has 0 bridgehead atoms. The number of rotatable bonds is 6. The van der Waals surface area contributed by atoms with Gasteiger partial charge in [-0.1, -0.05) is 48.5 Å². The summed E-state index contributed by atoms with van der Waals surface area (Å²) in [5.74, 6) is 1.48. The van der Waals surface area contributed by atoms with Gasteiger partial charge in [-0.2, -0.15) is 0 Å². The summed E-state index contributed by atoms with van der Waals surface area (Å²) in [6.45, 7) is 4.56. The van der Waals surface area contributed by atoms with E-state index in [4.69, 9.17) is 9.15 Å². The maximum absolute atomic E-state index is 13.6. The van der Waals surface area contributed by atoms with Gasteiger partial charge in [-0.15, -0.1) is 0 Å². The summed E-state index contributed by atoms with van der Waals surface area (Å²) in [5.41, 5.74) is 1.49. The number of ether oxygens (including phenoxy) is 1. The average Bonchev–Trinajstić information content (AvgIpc) is 3.32. The highest BCUT2D eigenvalue weighted by atomic mass is 16.5. The zero-order valence-corrected chi connectivity index (χ0v) is 18.5. The molecule has 4 aromatic rings. The van der Waals surface area contributed by atoms with Crippen LogP contribution >= 0.6 is 0 Å². The predicted molar refractivity (Wildman–Crippen MR) is 125 cm³/mol. The van der Waals surface area contributed by atoms with Gasteiger partial charge in [0.25, 0.3) is 5.91 Å². The van der Waals surface area contributed by atoms with Crippen molar-refractivity contribution in [1.29, 1.82) is 0 Å². The molecule has 166 valence electrons. The normalized spacial score (nSPS) is 17.3. The highest BCUT2D eigenvalue weighted by Gasteiger charge is 2.51. The smallest absolute Gasteiger partial charge is 0.268 e. The molecule has 33 heavy (non-hydrogen) atoms. The van der Waals surface area contributed by atoms with E-state index < -0.39 is 11.5 Å². The summed E-state index contributed by atoms with van der Waals surface area (Å²) in [4.78, 5) is 19.8. The first kappa shape index (κ1) is 21.0. The minimum Gasteiger partial charge on any atom is -0.494 e. The second-order valence-corrected chi connectivity index (χ2v) is 7.96. The van der Waals surface area contributed by atoms with E-state index in [1.165, 1.54) is 0 Å². The molecule has 6 nitrogen and oxygen atoms in total. The zero-order valence-electron chi connectivity index (χ0n) is 18.5. The van der Waals surface area contributed by atoms with Gasteiger partial charge in [0, 0.05) is 11.1 Å². The molecule has 0 spiro atoms. The van der Waals surface area contributed by atoms with Gasteiger partial charge in [0.15, 0.2) is 5.60 Å². The topological polar surface area (TPSA) is 75.8 Å². The first-order valence-electron chi connectivity index (χ1n) is 10.9. The van der Waals surface area contributed by atoms with Crippen molar-refractivity contribution in [3.8, 4) is 17.2 Å². The first-order valence-corrected chi connectivity index (χ1v) is 10.9. The highest BCUT2D eigenvalue weighted by Crippen LogP contribution is 2.45. The maximum Gasteiger partial charge on any atom is 0.268 e. The van der Waals surface area contributed by atoms with E-state index in [2.05, 4.69) is 4.98 Å². The largest absolute Gasteiger partial charge is 0.494 e. The van der Waals surface area contributed by atoms with E-state index in [1.54, 1.807) is 23.1 Å². The minimum absolute atomic E-state index is 0.192. The quantitative estimate of drug-likeness (QED) is 0.465. The Hall–Kier alpha value is -3.90. The molecule has 1 atom stereocenters. The van der Waals surface area contributed by atoms with Gasteiger partial charge in [-0.3, -0.25) is 4.79 Å². The van der Waals surface area contributed by atoms with Crippen LogP contribution in [0.2, 0.25) is 0 Å². The maximum atomic E-state index is 13.6. The van der Waals surface area contributed by atoms with Crippen molar-refractivity contribution >= 4 is 11.6 Å². The summed E-state index contributed by atoms with van der Waals surface area (Å²) in [6.07, 6.45) is 0. The fourth-order valence-corrected chi connectivity index (χ4v) is 4.26. The third-order valence-corrected chi connectivity index (χ3v) is 5.94. The number of amides is 1. The molecule has 0 saturated heterocycles. The lowest BCUT2D eigenvalue weighted by Gasteiger charge is -2.23. The van der Waals surface area contributed by atoms with E-state index in [0.29, 0.717) is 40.8 Å². The number of aryl methyl sites for hydroxylation is 1. The van der Waals surface area contributed by atoms with Gasteiger partial charge >= 0.3 is 0 Å². The Morgan fingerprint density at radius 3 is 2.42 bits per heavy atom. The SMILES string of the molecule is CCOc1ccc(-c2nc(CN3C(=O)[C@](O)(c4ccccc4)c4ccccc43)c(C)o2)cc1. The number of fused-ring (bicyclic) bond motifs is 1. The number of benzene rings is 3. The van der Waals surface area contributed by atoms with Crippen LogP contribution in [-0.4, -0.2) is 22.6 Å². The van der Waals surface area contributed by atoms with Crippen LogP contribution < -0.4 is 9.64 Å². The Labute approximate surface area is 192 Å². The Balaban J connectivity index is 1.48. The molecule has 6 heteroatoms. The van der Waals surface area contributed by atoms with Crippen molar-refractivity contribution in [3.63, 3.8) is 0 Å². The molecule has 3 aromatic carbocycles. The van der Waals surface area contributed by atoms with Crippen molar-refractivity contribution in [2.45, 2.75) is 26.0 Å². The molecular formula is C27H24N2O4. The molecule has 1 aliphatic rings. The number of hydrogen-bond donors (Lipinski definition) is 1. The minimum atomic E-state index is -1.74. The molecular weight excluding hydrogens is 416 g/mol. The predicted octanol–water partition coefficient (Wildman–Crippen LogP) is 4.83. The Kier molecular flexibility index (Phi) is 5.23. The molecule has 1 aliphatic heterocycles. The summed E-state index contributed by atoms with van der Waals surface area (Å²) in [6, 6.07) is 23.9.